The van der Waals surface area contributed by atoms with Crippen molar-refractivity contribution in [1.82, 2.24) is 0 Å². The van der Waals surface area contributed by atoms with Gasteiger partial charge in [-0.15, -0.1) is 6.58 Å². The smallest absolute Gasteiger partial charge is 0.0726 e. The van der Waals surface area contributed by atoms with Crippen LogP contribution in [0, 0.1) is 5.92 Å². The van der Waals surface area contributed by atoms with E-state index in [4.69, 9.17) is 5.11 Å². The molecule has 0 saturated heterocycles. The molecule has 0 aliphatic heterocycles. The third-order valence-electron chi connectivity index (χ3n) is 2.40. The van der Waals surface area contributed by atoms with Crippen LogP contribution in [0.2, 0.25) is 0 Å². The summed E-state index contributed by atoms with van der Waals surface area (Å²) >= 11 is 0. The Kier molecular flexibility index (Phi) is 4.38. The van der Waals surface area contributed by atoms with Crippen LogP contribution in [0.5, 0.6) is 0 Å². The van der Waals surface area contributed by atoms with Crippen LogP contribution in [0.3, 0.4) is 0 Å². The van der Waals surface area contributed by atoms with Crippen LogP contribution in [-0.2, 0) is 0 Å². The maximum absolute atomic E-state index is 9.86. The van der Waals surface area contributed by atoms with E-state index in [0.29, 0.717) is 12.8 Å². The van der Waals surface area contributed by atoms with Gasteiger partial charge in [-0.05, 0) is 12.8 Å². The zero-order chi connectivity index (χ0) is 8.91. The molecule has 0 aliphatic rings. The first-order chi connectivity index (χ1) is 5.14. The van der Waals surface area contributed by atoms with Crippen molar-refractivity contribution in [3.8, 4) is 0 Å². The van der Waals surface area contributed by atoms with Gasteiger partial charge < -0.3 is 10.2 Å². The quantitative estimate of drug-likeness (QED) is 0.593. The van der Waals surface area contributed by atoms with E-state index < -0.39 is 5.60 Å². The molecule has 0 aliphatic carbocycles. The molecule has 0 spiro atoms. The average molecular weight is 158 g/mol. The lowest BCUT2D eigenvalue weighted by atomic mass is 9.83. The zero-order valence-electron chi connectivity index (χ0n) is 7.38. The van der Waals surface area contributed by atoms with Gasteiger partial charge in [-0.25, -0.2) is 0 Å². The van der Waals surface area contributed by atoms with Gasteiger partial charge in [-0.2, -0.15) is 0 Å². The molecule has 0 heterocycles. The third-order valence-corrected chi connectivity index (χ3v) is 2.40. The topological polar surface area (TPSA) is 40.5 Å². The van der Waals surface area contributed by atoms with E-state index in [0.717, 1.165) is 0 Å². The minimum absolute atomic E-state index is 0.0261. The van der Waals surface area contributed by atoms with Crippen LogP contribution in [0.4, 0.5) is 0 Å². The molecular formula is C9H18O2. The summed E-state index contributed by atoms with van der Waals surface area (Å²) in [6.07, 6.45) is 2.93. The van der Waals surface area contributed by atoms with Crippen molar-refractivity contribution >= 4 is 0 Å². The SMILES string of the molecule is C=CC(CO)C(O)(CC)CC. The molecule has 2 nitrogen and oxygen atoms in total. The van der Waals surface area contributed by atoms with Gasteiger partial charge >= 0.3 is 0 Å². The van der Waals surface area contributed by atoms with Gasteiger partial charge in [0.15, 0.2) is 0 Å². The van der Waals surface area contributed by atoms with Crippen molar-refractivity contribution in [1.29, 1.82) is 0 Å². The summed E-state index contributed by atoms with van der Waals surface area (Å²) in [4.78, 5) is 0. The van der Waals surface area contributed by atoms with E-state index in [-0.39, 0.29) is 12.5 Å². The molecule has 0 fully saturated rings. The van der Waals surface area contributed by atoms with E-state index in [1.54, 1.807) is 6.08 Å². The lowest BCUT2D eigenvalue weighted by Gasteiger charge is -2.31. The number of hydrogen-bond acceptors (Lipinski definition) is 2. The molecular weight excluding hydrogens is 140 g/mol. The molecule has 0 aromatic carbocycles. The second kappa shape index (κ2) is 4.52. The Morgan fingerprint density at radius 2 is 1.91 bits per heavy atom. The second-order valence-electron chi connectivity index (χ2n) is 2.84. The van der Waals surface area contributed by atoms with Gasteiger partial charge in [0.25, 0.3) is 0 Å². The molecule has 0 saturated carbocycles. The minimum atomic E-state index is -0.767. The van der Waals surface area contributed by atoms with E-state index in [1.807, 2.05) is 13.8 Å². The van der Waals surface area contributed by atoms with E-state index in [1.165, 1.54) is 0 Å². The van der Waals surface area contributed by atoms with Gasteiger partial charge in [0, 0.05) is 5.92 Å². The first-order valence-electron chi connectivity index (χ1n) is 4.10. The van der Waals surface area contributed by atoms with Crippen LogP contribution in [-0.4, -0.2) is 22.4 Å². The fraction of sp³-hybridized carbons (Fsp3) is 0.778. The Bertz CT molecular complexity index is 117. The van der Waals surface area contributed by atoms with Crippen molar-refractivity contribution < 1.29 is 10.2 Å². The van der Waals surface area contributed by atoms with E-state index in [9.17, 15) is 5.11 Å². The molecule has 0 rings (SSSR count). The summed E-state index contributed by atoms with van der Waals surface area (Å²) in [6, 6.07) is 0. The molecule has 11 heavy (non-hydrogen) atoms. The van der Waals surface area contributed by atoms with Crippen LogP contribution >= 0.6 is 0 Å². The third kappa shape index (κ3) is 2.31. The molecule has 1 atom stereocenters. The highest BCUT2D eigenvalue weighted by molar-refractivity contribution is 4.93. The standard InChI is InChI=1S/C9H18O2/c1-4-8(7-10)9(11,5-2)6-3/h4,8,10-11H,1,5-7H2,2-3H3. The Labute approximate surface area is 68.6 Å². The first-order valence-corrected chi connectivity index (χ1v) is 4.10. The molecule has 2 N–H and O–H groups in total. The summed E-state index contributed by atoms with van der Waals surface area (Å²) in [5, 5.41) is 18.7. The van der Waals surface area contributed by atoms with Crippen molar-refractivity contribution in [3.05, 3.63) is 12.7 Å². The van der Waals surface area contributed by atoms with Crippen molar-refractivity contribution in [2.24, 2.45) is 5.92 Å². The van der Waals surface area contributed by atoms with Crippen LogP contribution in [0.15, 0.2) is 12.7 Å². The Balaban J connectivity index is 4.30. The first kappa shape index (κ1) is 10.7. The van der Waals surface area contributed by atoms with E-state index in [2.05, 4.69) is 6.58 Å². The highest BCUT2D eigenvalue weighted by Gasteiger charge is 2.30. The summed E-state index contributed by atoms with van der Waals surface area (Å²) in [7, 11) is 0. The molecule has 0 aromatic heterocycles. The molecule has 66 valence electrons. The lowest BCUT2D eigenvalue weighted by Crippen LogP contribution is -2.37. The molecule has 1 unspecified atom stereocenters. The highest BCUT2D eigenvalue weighted by Crippen LogP contribution is 2.25. The van der Waals surface area contributed by atoms with Gasteiger partial charge in [0.1, 0.15) is 0 Å². The van der Waals surface area contributed by atoms with Gasteiger partial charge in [-0.1, -0.05) is 19.9 Å². The fourth-order valence-corrected chi connectivity index (χ4v) is 1.24. The van der Waals surface area contributed by atoms with Crippen LogP contribution < -0.4 is 0 Å². The fourth-order valence-electron chi connectivity index (χ4n) is 1.24. The summed E-state index contributed by atoms with van der Waals surface area (Å²) in [6.45, 7) is 7.37. The zero-order valence-corrected chi connectivity index (χ0v) is 7.38. The summed E-state index contributed by atoms with van der Waals surface area (Å²) in [5.74, 6) is -0.197. The van der Waals surface area contributed by atoms with Crippen molar-refractivity contribution in [3.63, 3.8) is 0 Å². The normalized spacial score (nSPS) is 14.5. The second-order valence-corrected chi connectivity index (χ2v) is 2.84. The maximum atomic E-state index is 9.86. The Morgan fingerprint density at radius 1 is 1.45 bits per heavy atom. The number of aliphatic hydroxyl groups is 2. The lowest BCUT2D eigenvalue weighted by molar-refractivity contribution is -0.0263. The molecule has 0 radical (unpaired) electrons. The van der Waals surface area contributed by atoms with Gasteiger partial charge in [0.2, 0.25) is 0 Å². The van der Waals surface area contributed by atoms with Gasteiger partial charge in [0.05, 0.1) is 12.2 Å². The minimum Gasteiger partial charge on any atom is -0.396 e. The highest BCUT2D eigenvalue weighted by atomic mass is 16.3. The molecule has 0 bridgehead atoms. The maximum Gasteiger partial charge on any atom is 0.0726 e. The molecule has 2 heteroatoms. The Hall–Kier alpha value is -0.340. The number of rotatable bonds is 5. The molecule has 0 amide bonds. The van der Waals surface area contributed by atoms with E-state index >= 15 is 0 Å². The summed E-state index contributed by atoms with van der Waals surface area (Å²) in [5.41, 5.74) is -0.767. The van der Waals surface area contributed by atoms with Gasteiger partial charge in [-0.3, -0.25) is 0 Å². The predicted octanol–water partition coefficient (Wildman–Crippen LogP) is 1.33. The van der Waals surface area contributed by atoms with Crippen LogP contribution in [0.1, 0.15) is 26.7 Å². The predicted molar refractivity (Wildman–Crippen MR) is 46.3 cm³/mol. The largest absolute Gasteiger partial charge is 0.396 e. The monoisotopic (exact) mass is 158 g/mol. The summed E-state index contributed by atoms with van der Waals surface area (Å²) < 4.78 is 0. The number of hydrogen-bond donors (Lipinski definition) is 2. The van der Waals surface area contributed by atoms with Crippen LogP contribution in [0.25, 0.3) is 0 Å². The number of aliphatic hydroxyl groups excluding tert-OH is 1. The van der Waals surface area contributed by atoms with Crippen molar-refractivity contribution in [2.75, 3.05) is 6.61 Å². The van der Waals surface area contributed by atoms with Crippen molar-refractivity contribution in [2.45, 2.75) is 32.3 Å². The Morgan fingerprint density at radius 3 is 2.00 bits per heavy atom. The average Bonchev–Trinajstić information content (AvgIpc) is 2.06. The molecule has 0 aromatic rings.